The second kappa shape index (κ2) is 8.32. The highest BCUT2D eigenvalue weighted by molar-refractivity contribution is 7.22. The molecule has 0 aliphatic heterocycles. The van der Waals surface area contributed by atoms with Gasteiger partial charge in [0.25, 0.3) is 5.91 Å². The Morgan fingerprint density at radius 2 is 1.97 bits per heavy atom. The molecule has 0 spiro atoms. The van der Waals surface area contributed by atoms with Crippen LogP contribution in [-0.4, -0.2) is 27.0 Å². The number of hydrogen-bond donors (Lipinski definition) is 0. The van der Waals surface area contributed by atoms with Crippen LogP contribution in [0, 0.1) is 6.92 Å². The molecule has 0 aliphatic rings. The molecule has 0 atom stereocenters. The third kappa shape index (κ3) is 3.94. The van der Waals surface area contributed by atoms with Gasteiger partial charge in [-0.15, -0.1) is 0 Å². The van der Waals surface area contributed by atoms with Crippen molar-refractivity contribution in [3.05, 3.63) is 90.5 Å². The highest BCUT2D eigenvalue weighted by atomic mass is 32.1. The van der Waals surface area contributed by atoms with Crippen LogP contribution in [0.2, 0.25) is 0 Å². The molecule has 5 aromatic rings. The molecule has 0 N–H and O–H groups in total. The highest BCUT2D eigenvalue weighted by Crippen LogP contribution is 2.31. The molecule has 0 saturated heterocycles. The Labute approximate surface area is 184 Å². The number of thiazole rings is 1. The summed E-state index contributed by atoms with van der Waals surface area (Å²) in [4.78, 5) is 24.5. The molecule has 0 saturated carbocycles. The number of hydrogen-bond acceptors (Lipinski definition) is 4. The summed E-state index contributed by atoms with van der Waals surface area (Å²) in [6, 6.07) is 20.1. The van der Waals surface area contributed by atoms with Crippen LogP contribution in [0.5, 0.6) is 0 Å². The molecular formula is C25H22N4OS. The standard InChI is InChI=1S/C25H22N4OS/c1-18-10-11-22-23(16-18)31-25(27-22)29(14-5-13-28-15-12-26-17-28)24(30)21-9-4-7-19-6-2-3-8-20(19)21/h2-4,6-12,15-17H,5,13-14H2,1H3. The summed E-state index contributed by atoms with van der Waals surface area (Å²) in [5, 5.41) is 2.77. The fourth-order valence-electron chi connectivity index (χ4n) is 3.81. The topological polar surface area (TPSA) is 51.0 Å². The number of nitrogens with zero attached hydrogens (tertiary/aromatic N) is 4. The number of aryl methyl sites for hydroxylation is 2. The van der Waals surface area contributed by atoms with Crippen LogP contribution in [-0.2, 0) is 6.54 Å². The quantitative estimate of drug-likeness (QED) is 0.350. The molecule has 5 rings (SSSR count). The van der Waals surface area contributed by atoms with Gasteiger partial charge in [-0.1, -0.05) is 53.8 Å². The predicted molar refractivity (Wildman–Crippen MR) is 127 cm³/mol. The van der Waals surface area contributed by atoms with Crippen LogP contribution in [0.25, 0.3) is 21.0 Å². The van der Waals surface area contributed by atoms with Crippen LogP contribution in [0.15, 0.2) is 79.4 Å². The number of carbonyl (C=O) groups excluding carboxylic acids is 1. The lowest BCUT2D eigenvalue weighted by molar-refractivity contribution is 0.0988. The van der Waals surface area contributed by atoms with Gasteiger partial charge in [0.1, 0.15) is 0 Å². The Morgan fingerprint density at radius 1 is 1.10 bits per heavy atom. The average molecular weight is 427 g/mol. The maximum atomic E-state index is 13.8. The molecule has 5 nitrogen and oxygen atoms in total. The van der Waals surface area contributed by atoms with Crippen molar-refractivity contribution in [3.8, 4) is 0 Å². The molecule has 0 fully saturated rings. The molecule has 31 heavy (non-hydrogen) atoms. The first-order valence-corrected chi connectivity index (χ1v) is 11.1. The molecule has 2 heterocycles. The number of imidazole rings is 1. The Kier molecular flexibility index (Phi) is 5.22. The molecule has 0 radical (unpaired) electrons. The fourth-order valence-corrected chi connectivity index (χ4v) is 4.90. The Hall–Kier alpha value is -3.51. The molecule has 0 aliphatic carbocycles. The van der Waals surface area contributed by atoms with Gasteiger partial charge in [-0.2, -0.15) is 0 Å². The Balaban J connectivity index is 1.52. The summed E-state index contributed by atoms with van der Waals surface area (Å²) < 4.78 is 3.13. The van der Waals surface area contributed by atoms with Crippen LogP contribution >= 0.6 is 11.3 Å². The summed E-state index contributed by atoms with van der Waals surface area (Å²) in [6.45, 7) is 3.45. The van der Waals surface area contributed by atoms with Crippen LogP contribution in [0.3, 0.4) is 0 Å². The van der Waals surface area contributed by atoms with E-state index in [2.05, 4.69) is 24.0 Å². The predicted octanol–water partition coefficient (Wildman–Crippen LogP) is 5.69. The molecule has 1 amide bonds. The average Bonchev–Trinajstić information content (AvgIpc) is 3.45. The van der Waals surface area contributed by atoms with E-state index in [1.165, 1.54) is 5.56 Å². The van der Waals surface area contributed by atoms with E-state index in [9.17, 15) is 4.79 Å². The first-order chi connectivity index (χ1) is 15.2. The maximum absolute atomic E-state index is 13.8. The highest BCUT2D eigenvalue weighted by Gasteiger charge is 2.22. The van der Waals surface area contributed by atoms with Crippen molar-refractivity contribution in [3.63, 3.8) is 0 Å². The van der Waals surface area contributed by atoms with E-state index >= 15 is 0 Å². The lowest BCUT2D eigenvalue weighted by Crippen LogP contribution is -2.32. The largest absolute Gasteiger partial charge is 0.337 e. The molecular weight excluding hydrogens is 404 g/mol. The minimum absolute atomic E-state index is 0.0155. The summed E-state index contributed by atoms with van der Waals surface area (Å²) in [6.07, 6.45) is 6.32. The van der Waals surface area contributed by atoms with Crippen LogP contribution in [0.4, 0.5) is 5.13 Å². The van der Waals surface area contributed by atoms with E-state index < -0.39 is 0 Å². The summed E-state index contributed by atoms with van der Waals surface area (Å²) in [7, 11) is 0. The van der Waals surface area contributed by atoms with Gasteiger partial charge in [-0.3, -0.25) is 9.69 Å². The lowest BCUT2D eigenvalue weighted by atomic mass is 10.0. The van der Waals surface area contributed by atoms with E-state index in [0.717, 1.165) is 39.1 Å². The molecule has 3 aromatic carbocycles. The molecule has 6 heteroatoms. The second-order valence-electron chi connectivity index (χ2n) is 7.61. The smallest absolute Gasteiger partial charge is 0.260 e. The van der Waals surface area contributed by atoms with E-state index in [4.69, 9.17) is 4.98 Å². The van der Waals surface area contributed by atoms with Gasteiger partial charge in [0, 0.05) is 31.0 Å². The van der Waals surface area contributed by atoms with E-state index in [1.807, 2.05) is 64.2 Å². The van der Waals surface area contributed by atoms with Crippen molar-refractivity contribution in [1.82, 2.24) is 14.5 Å². The maximum Gasteiger partial charge on any atom is 0.260 e. The normalized spacial score (nSPS) is 11.3. The number of aromatic nitrogens is 3. The zero-order chi connectivity index (χ0) is 21.2. The van der Waals surface area contributed by atoms with Crippen molar-refractivity contribution in [2.45, 2.75) is 19.9 Å². The van der Waals surface area contributed by atoms with Gasteiger partial charge >= 0.3 is 0 Å². The van der Waals surface area contributed by atoms with Crippen molar-refractivity contribution < 1.29 is 4.79 Å². The third-order valence-electron chi connectivity index (χ3n) is 5.39. The minimum Gasteiger partial charge on any atom is -0.337 e. The molecule has 2 aromatic heterocycles. The first kappa shape index (κ1) is 19.5. The Morgan fingerprint density at radius 3 is 2.84 bits per heavy atom. The Bertz CT molecular complexity index is 1350. The second-order valence-corrected chi connectivity index (χ2v) is 8.61. The zero-order valence-corrected chi connectivity index (χ0v) is 18.0. The molecule has 154 valence electrons. The minimum atomic E-state index is -0.0155. The number of anilines is 1. The molecule has 0 unspecified atom stereocenters. The van der Waals surface area contributed by atoms with E-state index in [-0.39, 0.29) is 5.91 Å². The SMILES string of the molecule is Cc1ccc2nc(N(CCCn3ccnc3)C(=O)c3cccc4ccccc34)sc2c1. The monoisotopic (exact) mass is 426 g/mol. The van der Waals surface area contributed by atoms with Crippen molar-refractivity contribution in [2.75, 3.05) is 11.4 Å². The van der Waals surface area contributed by atoms with E-state index in [0.29, 0.717) is 12.1 Å². The lowest BCUT2D eigenvalue weighted by Gasteiger charge is -2.21. The van der Waals surface area contributed by atoms with Gasteiger partial charge in [0.05, 0.1) is 16.5 Å². The first-order valence-electron chi connectivity index (χ1n) is 10.3. The van der Waals surface area contributed by atoms with Gasteiger partial charge in [-0.25, -0.2) is 9.97 Å². The number of fused-ring (bicyclic) bond motifs is 2. The number of benzene rings is 3. The number of carbonyl (C=O) groups is 1. The summed E-state index contributed by atoms with van der Waals surface area (Å²) in [5.74, 6) is -0.0155. The van der Waals surface area contributed by atoms with Gasteiger partial charge in [0.15, 0.2) is 5.13 Å². The van der Waals surface area contributed by atoms with Crippen molar-refractivity contribution >= 4 is 43.4 Å². The fraction of sp³-hybridized carbons (Fsp3) is 0.160. The van der Waals surface area contributed by atoms with Crippen LogP contribution < -0.4 is 4.90 Å². The third-order valence-corrected chi connectivity index (χ3v) is 6.43. The van der Waals surface area contributed by atoms with Crippen LogP contribution in [0.1, 0.15) is 22.3 Å². The van der Waals surface area contributed by atoms with Gasteiger partial charge < -0.3 is 4.57 Å². The number of rotatable bonds is 6. The zero-order valence-electron chi connectivity index (χ0n) is 17.2. The van der Waals surface area contributed by atoms with Crippen molar-refractivity contribution in [1.29, 1.82) is 0 Å². The molecule has 0 bridgehead atoms. The van der Waals surface area contributed by atoms with E-state index in [1.54, 1.807) is 23.9 Å². The number of amides is 1. The summed E-state index contributed by atoms with van der Waals surface area (Å²) >= 11 is 1.57. The van der Waals surface area contributed by atoms with Gasteiger partial charge in [0.2, 0.25) is 0 Å². The van der Waals surface area contributed by atoms with Gasteiger partial charge in [-0.05, 0) is 47.9 Å². The van der Waals surface area contributed by atoms with Crippen molar-refractivity contribution in [2.24, 2.45) is 0 Å². The summed E-state index contributed by atoms with van der Waals surface area (Å²) in [5.41, 5.74) is 2.82.